The number of carbonyl (C=O) groups is 1. The molecule has 0 saturated carbocycles. The van der Waals surface area contributed by atoms with Crippen LogP contribution in [-0.2, 0) is 17.9 Å². The quantitative estimate of drug-likeness (QED) is 0.909. The Kier molecular flexibility index (Phi) is 4.99. The van der Waals surface area contributed by atoms with E-state index in [4.69, 9.17) is 0 Å². The van der Waals surface area contributed by atoms with E-state index in [2.05, 4.69) is 42.6 Å². The Balaban J connectivity index is 1.97. The molecule has 110 valence electrons. The zero-order chi connectivity index (χ0) is 15.2. The van der Waals surface area contributed by atoms with Crippen LogP contribution in [0.5, 0.6) is 0 Å². The lowest BCUT2D eigenvalue weighted by atomic mass is 10.1. The summed E-state index contributed by atoms with van der Waals surface area (Å²) in [5.74, 6) is 0.0769. The molecular weight excluding hydrogens is 260 g/mol. The van der Waals surface area contributed by atoms with Gasteiger partial charge in [0.25, 0.3) is 0 Å². The molecule has 0 aromatic heterocycles. The third kappa shape index (κ3) is 4.63. The van der Waals surface area contributed by atoms with Crippen molar-refractivity contribution < 1.29 is 4.79 Å². The summed E-state index contributed by atoms with van der Waals surface area (Å²) >= 11 is 0. The lowest BCUT2D eigenvalue weighted by Crippen LogP contribution is -2.22. The van der Waals surface area contributed by atoms with E-state index in [0.29, 0.717) is 6.54 Å². The molecule has 2 rings (SSSR count). The first-order valence-electron chi connectivity index (χ1n) is 7.14. The standard InChI is InChI=1S/C18H22N2O/c1-14-7-9-16(10-8-14)12-19-18-6-4-5-17(11-18)13-20(3)15(2)21/h4-11,19H,12-13H2,1-3H3. The Bertz CT molecular complexity index is 605. The average molecular weight is 282 g/mol. The van der Waals surface area contributed by atoms with Gasteiger partial charge in [0, 0.05) is 32.7 Å². The maximum absolute atomic E-state index is 11.3. The third-order valence-corrected chi connectivity index (χ3v) is 3.50. The van der Waals surface area contributed by atoms with Crippen LogP contribution in [0.3, 0.4) is 0 Å². The SMILES string of the molecule is CC(=O)N(C)Cc1cccc(NCc2ccc(C)cc2)c1. The van der Waals surface area contributed by atoms with E-state index in [1.165, 1.54) is 11.1 Å². The normalized spacial score (nSPS) is 10.2. The lowest BCUT2D eigenvalue weighted by molar-refractivity contribution is -0.128. The molecular formula is C18H22N2O. The van der Waals surface area contributed by atoms with Gasteiger partial charge in [0.15, 0.2) is 0 Å². The average Bonchev–Trinajstić information content (AvgIpc) is 2.47. The minimum absolute atomic E-state index is 0.0769. The number of carbonyl (C=O) groups excluding carboxylic acids is 1. The van der Waals surface area contributed by atoms with Gasteiger partial charge in [-0.1, -0.05) is 42.0 Å². The number of amides is 1. The fourth-order valence-electron chi connectivity index (χ4n) is 2.07. The number of aryl methyl sites for hydroxylation is 1. The Morgan fingerprint density at radius 1 is 1.10 bits per heavy atom. The Morgan fingerprint density at radius 2 is 1.81 bits per heavy atom. The molecule has 1 amide bonds. The smallest absolute Gasteiger partial charge is 0.219 e. The minimum Gasteiger partial charge on any atom is -0.381 e. The van der Waals surface area contributed by atoms with Crippen molar-refractivity contribution in [2.45, 2.75) is 26.9 Å². The van der Waals surface area contributed by atoms with Crippen molar-refractivity contribution in [2.75, 3.05) is 12.4 Å². The molecule has 0 unspecified atom stereocenters. The third-order valence-electron chi connectivity index (χ3n) is 3.50. The predicted octanol–water partition coefficient (Wildman–Crippen LogP) is 3.59. The van der Waals surface area contributed by atoms with E-state index in [1.54, 1.807) is 11.8 Å². The summed E-state index contributed by atoms with van der Waals surface area (Å²) in [6.07, 6.45) is 0. The molecule has 0 heterocycles. The molecule has 1 N–H and O–H groups in total. The minimum atomic E-state index is 0.0769. The first kappa shape index (κ1) is 15.1. The molecule has 21 heavy (non-hydrogen) atoms. The van der Waals surface area contributed by atoms with E-state index in [0.717, 1.165) is 17.8 Å². The van der Waals surface area contributed by atoms with Crippen LogP contribution < -0.4 is 5.32 Å². The second kappa shape index (κ2) is 6.93. The molecule has 2 aromatic carbocycles. The van der Waals surface area contributed by atoms with Crippen LogP contribution in [0.25, 0.3) is 0 Å². The number of hydrogen-bond acceptors (Lipinski definition) is 2. The van der Waals surface area contributed by atoms with Crippen LogP contribution >= 0.6 is 0 Å². The van der Waals surface area contributed by atoms with E-state index in [-0.39, 0.29) is 5.91 Å². The number of anilines is 1. The van der Waals surface area contributed by atoms with Crippen molar-refractivity contribution in [3.8, 4) is 0 Å². The van der Waals surface area contributed by atoms with Gasteiger partial charge in [-0.2, -0.15) is 0 Å². The van der Waals surface area contributed by atoms with E-state index >= 15 is 0 Å². The maximum atomic E-state index is 11.3. The van der Waals surface area contributed by atoms with Crippen LogP contribution in [0.1, 0.15) is 23.6 Å². The van der Waals surface area contributed by atoms with Crippen molar-refractivity contribution in [2.24, 2.45) is 0 Å². The highest BCUT2D eigenvalue weighted by Crippen LogP contribution is 2.14. The van der Waals surface area contributed by atoms with Crippen molar-refractivity contribution in [3.63, 3.8) is 0 Å². The van der Waals surface area contributed by atoms with Crippen LogP contribution in [0.4, 0.5) is 5.69 Å². The number of rotatable bonds is 5. The molecule has 2 aromatic rings. The number of nitrogens with zero attached hydrogens (tertiary/aromatic N) is 1. The van der Waals surface area contributed by atoms with Gasteiger partial charge in [-0.25, -0.2) is 0 Å². The summed E-state index contributed by atoms with van der Waals surface area (Å²) in [6.45, 7) is 5.10. The van der Waals surface area contributed by atoms with Gasteiger partial charge in [-0.3, -0.25) is 4.79 Å². The fraction of sp³-hybridized carbons (Fsp3) is 0.278. The summed E-state index contributed by atoms with van der Waals surface area (Å²) in [6, 6.07) is 16.7. The van der Waals surface area contributed by atoms with Crippen molar-refractivity contribution in [1.82, 2.24) is 4.90 Å². The summed E-state index contributed by atoms with van der Waals surface area (Å²) in [5, 5.41) is 3.42. The van der Waals surface area contributed by atoms with Crippen LogP contribution in [-0.4, -0.2) is 17.9 Å². The summed E-state index contributed by atoms with van der Waals surface area (Å²) in [5.41, 5.74) is 4.73. The Labute approximate surface area is 126 Å². The van der Waals surface area contributed by atoms with Crippen LogP contribution in [0, 0.1) is 6.92 Å². The van der Waals surface area contributed by atoms with Crippen molar-refractivity contribution in [3.05, 3.63) is 65.2 Å². The van der Waals surface area contributed by atoms with Gasteiger partial charge in [-0.05, 0) is 30.2 Å². The second-order valence-corrected chi connectivity index (χ2v) is 5.41. The van der Waals surface area contributed by atoms with E-state index in [1.807, 2.05) is 25.2 Å². The first-order chi connectivity index (χ1) is 10.0. The van der Waals surface area contributed by atoms with E-state index in [9.17, 15) is 4.79 Å². The van der Waals surface area contributed by atoms with Crippen LogP contribution in [0.15, 0.2) is 48.5 Å². The number of benzene rings is 2. The summed E-state index contributed by atoms with van der Waals surface area (Å²) in [7, 11) is 1.81. The van der Waals surface area contributed by atoms with Gasteiger partial charge >= 0.3 is 0 Å². The molecule has 0 fully saturated rings. The van der Waals surface area contributed by atoms with Gasteiger partial charge < -0.3 is 10.2 Å². The zero-order valence-electron chi connectivity index (χ0n) is 12.9. The highest BCUT2D eigenvalue weighted by molar-refractivity contribution is 5.72. The lowest BCUT2D eigenvalue weighted by Gasteiger charge is -2.15. The molecule has 0 aliphatic heterocycles. The largest absolute Gasteiger partial charge is 0.381 e. The molecule has 0 radical (unpaired) electrons. The summed E-state index contributed by atoms with van der Waals surface area (Å²) in [4.78, 5) is 13.0. The second-order valence-electron chi connectivity index (χ2n) is 5.41. The Morgan fingerprint density at radius 3 is 2.48 bits per heavy atom. The molecule has 0 aliphatic rings. The molecule has 0 saturated heterocycles. The highest BCUT2D eigenvalue weighted by Gasteiger charge is 2.03. The topological polar surface area (TPSA) is 32.3 Å². The Hall–Kier alpha value is -2.29. The predicted molar refractivity (Wildman–Crippen MR) is 87.1 cm³/mol. The molecule has 0 spiro atoms. The molecule has 0 atom stereocenters. The monoisotopic (exact) mass is 282 g/mol. The van der Waals surface area contributed by atoms with Gasteiger partial charge in [0.05, 0.1) is 0 Å². The fourth-order valence-corrected chi connectivity index (χ4v) is 2.07. The molecule has 0 aliphatic carbocycles. The van der Waals surface area contributed by atoms with E-state index < -0.39 is 0 Å². The highest BCUT2D eigenvalue weighted by atomic mass is 16.2. The van der Waals surface area contributed by atoms with Gasteiger partial charge in [-0.15, -0.1) is 0 Å². The maximum Gasteiger partial charge on any atom is 0.219 e. The van der Waals surface area contributed by atoms with Crippen molar-refractivity contribution >= 4 is 11.6 Å². The van der Waals surface area contributed by atoms with Crippen LogP contribution in [0.2, 0.25) is 0 Å². The molecule has 3 heteroatoms. The van der Waals surface area contributed by atoms with Crippen molar-refractivity contribution in [1.29, 1.82) is 0 Å². The number of nitrogens with one attached hydrogen (secondary N) is 1. The van der Waals surface area contributed by atoms with Gasteiger partial charge in [0.2, 0.25) is 5.91 Å². The summed E-state index contributed by atoms with van der Waals surface area (Å²) < 4.78 is 0. The zero-order valence-corrected chi connectivity index (χ0v) is 12.9. The molecule has 3 nitrogen and oxygen atoms in total. The number of hydrogen-bond donors (Lipinski definition) is 1. The first-order valence-corrected chi connectivity index (χ1v) is 7.14. The van der Waals surface area contributed by atoms with Gasteiger partial charge in [0.1, 0.15) is 0 Å². The molecule has 0 bridgehead atoms.